The predicted molar refractivity (Wildman–Crippen MR) is 56.7 cm³/mol. The number of nitrogens with zero attached hydrogens (tertiary/aromatic N) is 1. The summed E-state index contributed by atoms with van der Waals surface area (Å²) in [6.07, 6.45) is 1.64. The predicted octanol–water partition coefficient (Wildman–Crippen LogP) is 0.874. The van der Waals surface area contributed by atoms with Gasteiger partial charge in [-0.15, -0.1) is 0 Å². The Morgan fingerprint density at radius 2 is 2.27 bits per heavy atom. The van der Waals surface area contributed by atoms with Gasteiger partial charge in [-0.3, -0.25) is 14.6 Å². The summed E-state index contributed by atoms with van der Waals surface area (Å²) in [4.78, 5) is 26.5. The minimum absolute atomic E-state index is 0.0310. The number of carbonyl (C=O) groups is 2. The lowest BCUT2D eigenvalue weighted by Gasteiger charge is -2.09. The van der Waals surface area contributed by atoms with Crippen LogP contribution in [0.3, 0.4) is 0 Å². The topological polar surface area (TPSA) is 58.5 Å². The van der Waals surface area contributed by atoms with Gasteiger partial charge in [-0.05, 0) is 23.8 Å². The van der Waals surface area contributed by atoms with Crippen molar-refractivity contribution in [2.24, 2.45) is 4.99 Å². The van der Waals surface area contributed by atoms with Crippen molar-refractivity contribution in [2.75, 3.05) is 7.05 Å². The van der Waals surface area contributed by atoms with E-state index in [9.17, 15) is 9.59 Å². The molecule has 0 bridgehead atoms. The number of benzene rings is 1. The van der Waals surface area contributed by atoms with Gasteiger partial charge in [0.2, 0.25) is 0 Å². The molecule has 0 saturated heterocycles. The number of aliphatic imine (C=N–C) groups is 1. The van der Waals surface area contributed by atoms with Gasteiger partial charge in [-0.2, -0.15) is 0 Å². The van der Waals surface area contributed by atoms with Crippen LogP contribution in [0.2, 0.25) is 0 Å². The number of hydrogen-bond donors (Lipinski definition) is 1. The molecule has 1 heterocycles. The molecule has 0 aliphatic carbocycles. The maximum absolute atomic E-state index is 11.3. The van der Waals surface area contributed by atoms with Crippen LogP contribution in [0.1, 0.15) is 15.9 Å². The highest BCUT2D eigenvalue weighted by Gasteiger charge is 2.13. The van der Waals surface area contributed by atoms with Gasteiger partial charge in [0.1, 0.15) is 0 Å². The SMILES string of the molecule is CNC(=O)c1ccc2c(c1)CC(=O)C=N2. The number of hydrogen-bond acceptors (Lipinski definition) is 3. The summed E-state index contributed by atoms with van der Waals surface area (Å²) in [7, 11) is 1.57. The van der Waals surface area contributed by atoms with Crippen LogP contribution in [0, 0.1) is 0 Å². The Kier molecular flexibility index (Phi) is 2.33. The summed E-state index contributed by atoms with van der Waals surface area (Å²) in [5.41, 5.74) is 2.13. The van der Waals surface area contributed by atoms with Crippen molar-refractivity contribution in [1.29, 1.82) is 0 Å². The van der Waals surface area contributed by atoms with E-state index in [-0.39, 0.29) is 11.7 Å². The van der Waals surface area contributed by atoms with Crippen molar-refractivity contribution in [3.63, 3.8) is 0 Å². The van der Waals surface area contributed by atoms with Gasteiger partial charge in [-0.1, -0.05) is 0 Å². The molecule has 4 heteroatoms. The Bertz CT molecular complexity index is 464. The fraction of sp³-hybridized carbons (Fsp3) is 0.182. The van der Waals surface area contributed by atoms with Gasteiger partial charge < -0.3 is 5.32 Å². The zero-order valence-corrected chi connectivity index (χ0v) is 8.28. The molecule has 1 N–H and O–H groups in total. The molecule has 0 unspecified atom stereocenters. The first-order valence-corrected chi connectivity index (χ1v) is 4.62. The van der Waals surface area contributed by atoms with E-state index in [2.05, 4.69) is 10.3 Å². The lowest BCUT2D eigenvalue weighted by Crippen LogP contribution is -2.18. The number of carbonyl (C=O) groups excluding carboxylic acids is 2. The molecule has 2 rings (SSSR count). The lowest BCUT2D eigenvalue weighted by molar-refractivity contribution is -0.112. The highest BCUT2D eigenvalue weighted by molar-refractivity contribution is 6.29. The summed E-state index contributed by atoms with van der Waals surface area (Å²) >= 11 is 0. The van der Waals surface area contributed by atoms with Crippen LogP contribution in [0.15, 0.2) is 23.2 Å². The fourth-order valence-electron chi connectivity index (χ4n) is 1.51. The third kappa shape index (κ3) is 1.79. The highest BCUT2D eigenvalue weighted by atomic mass is 16.1. The molecule has 1 aromatic carbocycles. The molecule has 4 nitrogen and oxygen atoms in total. The first-order chi connectivity index (χ1) is 7.20. The van der Waals surface area contributed by atoms with E-state index in [1.807, 2.05) is 0 Å². The molecule has 0 atom stereocenters. The maximum Gasteiger partial charge on any atom is 0.251 e. The molecule has 0 saturated carbocycles. The first kappa shape index (κ1) is 9.58. The molecule has 0 fully saturated rings. The van der Waals surface area contributed by atoms with E-state index in [0.29, 0.717) is 12.0 Å². The van der Waals surface area contributed by atoms with Crippen molar-refractivity contribution < 1.29 is 9.59 Å². The minimum Gasteiger partial charge on any atom is -0.355 e. The van der Waals surface area contributed by atoms with Crippen LogP contribution < -0.4 is 5.32 Å². The van der Waals surface area contributed by atoms with Gasteiger partial charge >= 0.3 is 0 Å². The molecule has 0 spiro atoms. The van der Waals surface area contributed by atoms with Gasteiger partial charge in [-0.25, -0.2) is 0 Å². The molecule has 1 amide bonds. The quantitative estimate of drug-likeness (QED) is 0.734. The molecule has 1 aromatic rings. The monoisotopic (exact) mass is 202 g/mol. The first-order valence-electron chi connectivity index (χ1n) is 4.62. The van der Waals surface area contributed by atoms with Crippen molar-refractivity contribution in [3.05, 3.63) is 29.3 Å². The Labute approximate surface area is 87.0 Å². The molecule has 76 valence electrons. The van der Waals surface area contributed by atoms with Crippen LogP contribution in [0.25, 0.3) is 0 Å². The fourth-order valence-corrected chi connectivity index (χ4v) is 1.51. The second-order valence-electron chi connectivity index (χ2n) is 3.32. The van der Waals surface area contributed by atoms with Gasteiger partial charge in [0.05, 0.1) is 11.9 Å². The number of Topliss-reactive ketones (excluding diaryl/α,β-unsaturated/α-hetero) is 1. The Hall–Kier alpha value is -1.97. The molecule has 1 aliphatic heterocycles. The third-order valence-electron chi connectivity index (χ3n) is 2.28. The highest BCUT2D eigenvalue weighted by Crippen LogP contribution is 2.23. The van der Waals surface area contributed by atoms with Crippen LogP contribution in [0.5, 0.6) is 0 Å². The molecule has 15 heavy (non-hydrogen) atoms. The lowest BCUT2D eigenvalue weighted by atomic mass is 10.0. The zero-order valence-electron chi connectivity index (χ0n) is 8.28. The molecule has 0 aromatic heterocycles. The normalized spacial score (nSPS) is 13.5. The van der Waals surface area contributed by atoms with Crippen molar-refractivity contribution in [2.45, 2.75) is 6.42 Å². The molecular formula is C11H10N2O2. The smallest absolute Gasteiger partial charge is 0.251 e. The third-order valence-corrected chi connectivity index (χ3v) is 2.28. The Morgan fingerprint density at radius 3 is 3.00 bits per heavy atom. The maximum atomic E-state index is 11.3. The van der Waals surface area contributed by atoms with E-state index >= 15 is 0 Å². The van der Waals surface area contributed by atoms with E-state index in [4.69, 9.17) is 0 Å². The number of nitrogens with one attached hydrogen (secondary N) is 1. The minimum atomic E-state index is -0.153. The standard InChI is InChI=1S/C11H10N2O2/c1-12-11(15)7-2-3-10-8(4-7)5-9(14)6-13-10/h2-4,6H,5H2,1H3,(H,12,15). The average molecular weight is 202 g/mol. The summed E-state index contributed by atoms with van der Waals surface area (Å²) in [6, 6.07) is 5.16. The van der Waals surface area contributed by atoms with E-state index in [0.717, 1.165) is 11.3 Å². The number of amides is 1. The van der Waals surface area contributed by atoms with E-state index < -0.39 is 0 Å². The van der Waals surface area contributed by atoms with Gasteiger partial charge in [0.25, 0.3) is 5.91 Å². The summed E-state index contributed by atoms with van der Waals surface area (Å²) in [5, 5.41) is 2.54. The number of ketones is 1. The van der Waals surface area contributed by atoms with Crippen LogP contribution >= 0.6 is 0 Å². The van der Waals surface area contributed by atoms with Gasteiger partial charge in [0.15, 0.2) is 5.78 Å². The van der Waals surface area contributed by atoms with Crippen LogP contribution in [0.4, 0.5) is 5.69 Å². The Balaban J connectivity index is 2.42. The Morgan fingerprint density at radius 1 is 1.47 bits per heavy atom. The summed E-state index contributed by atoms with van der Waals surface area (Å²) < 4.78 is 0. The van der Waals surface area contributed by atoms with Crippen molar-refractivity contribution >= 4 is 23.6 Å². The van der Waals surface area contributed by atoms with Crippen molar-refractivity contribution in [1.82, 2.24) is 5.32 Å². The number of rotatable bonds is 1. The molecule has 0 radical (unpaired) electrons. The largest absolute Gasteiger partial charge is 0.355 e. The molecular weight excluding hydrogens is 192 g/mol. The van der Waals surface area contributed by atoms with Crippen LogP contribution in [-0.4, -0.2) is 25.0 Å². The molecule has 1 aliphatic rings. The zero-order chi connectivity index (χ0) is 10.8. The average Bonchev–Trinajstić information content (AvgIpc) is 2.27. The second-order valence-corrected chi connectivity index (χ2v) is 3.32. The van der Waals surface area contributed by atoms with Crippen molar-refractivity contribution in [3.8, 4) is 0 Å². The van der Waals surface area contributed by atoms with E-state index in [1.54, 1.807) is 25.2 Å². The van der Waals surface area contributed by atoms with Crippen LogP contribution in [-0.2, 0) is 11.2 Å². The van der Waals surface area contributed by atoms with E-state index in [1.165, 1.54) is 6.21 Å². The van der Waals surface area contributed by atoms with Gasteiger partial charge in [0, 0.05) is 19.0 Å². The second kappa shape index (κ2) is 3.65. The number of fused-ring (bicyclic) bond motifs is 1. The summed E-state index contributed by atoms with van der Waals surface area (Å²) in [6.45, 7) is 0. The summed E-state index contributed by atoms with van der Waals surface area (Å²) in [5.74, 6) is -0.184.